The lowest BCUT2D eigenvalue weighted by molar-refractivity contribution is 0.744. The first-order valence-electron chi connectivity index (χ1n) is 4.97. The number of hydrogen-bond acceptors (Lipinski definition) is 1. The Labute approximate surface area is 108 Å². The number of H-pyrrole nitrogens is 1. The summed E-state index contributed by atoms with van der Waals surface area (Å²) >= 11 is 9.57. The zero-order valence-corrected chi connectivity index (χ0v) is 11.0. The summed E-state index contributed by atoms with van der Waals surface area (Å²) in [6, 6.07) is 8.02. The minimum Gasteiger partial charge on any atom is -0.356 e. The van der Waals surface area contributed by atoms with E-state index in [1.54, 1.807) is 0 Å². The van der Waals surface area contributed by atoms with E-state index in [1.165, 1.54) is 0 Å². The van der Waals surface area contributed by atoms with Gasteiger partial charge in [-0.25, -0.2) is 0 Å². The average molecular weight is 300 g/mol. The van der Waals surface area contributed by atoms with Crippen molar-refractivity contribution in [2.45, 2.75) is 6.54 Å². The molecule has 0 radical (unpaired) electrons. The highest BCUT2D eigenvalue weighted by molar-refractivity contribution is 9.11. The molecule has 0 aliphatic carbocycles. The molecule has 2 N–H and O–H groups in total. The Morgan fingerprint density at radius 3 is 2.88 bits per heavy atom. The van der Waals surface area contributed by atoms with Gasteiger partial charge in [0.15, 0.2) is 0 Å². The van der Waals surface area contributed by atoms with E-state index in [4.69, 9.17) is 11.6 Å². The number of fused-ring (bicyclic) bond motifs is 1. The smallest absolute Gasteiger partial charge is 0.0705 e. The summed E-state index contributed by atoms with van der Waals surface area (Å²) in [5.74, 6) is 0. The van der Waals surface area contributed by atoms with Gasteiger partial charge in [0, 0.05) is 34.2 Å². The third kappa shape index (κ3) is 2.48. The molecule has 0 aliphatic heterocycles. The van der Waals surface area contributed by atoms with Crippen molar-refractivity contribution in [3.8, 4) is 0 Å². The van der Waals surface area contributed by atoms with Crippen molar-refractivity contribution in [3.05, 3.63) is 46.0 Å². The Bertz CT molecular complexity index is 519. The maximum atomic E-state index is 6.27. The quantitative estimate of drug-likeness (QED) is 0.882. The number of aromatic amines is 1. The molecule has 84 valence electrons. The summed E-state index contributed by atoms with van der Waals surface area (Å²) in [5.41, 5.74) is 2.08. The molecule has 0 aliphatic rings. The van der Waals surface area contributed by atoms with Gasteiger partial charge in [-0.05, 0) is 6.07 Å². The number of rotatable bonds is 4. The van der Waals surface area contributed by atoms with Crippen molar-refractivity contribution < 1.29 is 0 Å². The van der Waals surface area contributed by atoms with Crippen molar-refractivity contribution in [1.82, 2.24) is 10.3 Å². The molecular weight excluding hydrogens is 288 g/mol. The lowest BCUT2D eigenvalue weighted by Gasteiger charge is -2.01. The van der Waals surface area contributed by atoms with E-state index in [9.17, 15) is 0 Å². The van der Waals surface area contributed by atoms with Crippen LogP contribution in [-0.2, 0) is 6.54 Å². The second-order valence-electron chi connectivity index (χ2n) is 3.58. The molecule has 16 heavy (non-hydrogen) atoms. The maximum Gasteiger partial charge on any atom is 0.0705 e. The van der Waals surface area contributed by atoms with Crippen LogP contribution in [0.2, 0.25) is 5.02 Å². The van der Waals surface area contributed by atoms with Gasteiger partial charge in [-0.2, -0.15) is 0 Å². The maximum absolute atomic E-state index is 6.27. The summed E-state index contributed by atoms with van der Waals surface area (Å²) in [4.78, 5) is 3.30. The van der Waals surface area contributed by atoms with Crippen LogP contribution >= 0.6 is 27.5 Å². The number of nitrogens with one attached hydrogen (secondary N) is 2. The fourth-order valence-electron chi connectivity index (χ4n) is 1.61. The first kappa shape index (κ1) is 11.7. The summed E-state index contributed by atoms with van der Waals surface area (Å²) in [5, 5.41) is 5.10. The monoisotopic (exact) mass is 298 g/mol. The van der Waals surface area contributed by atoms with Gasteiger partial charge in [0.1, 0.15) is 0 Å². The van der Waals surface area contributed by atoms with Crippen molar-refractivity contribution >= 4 is 38.4 Å². The number of benzene rings is 1. The molecule has 4 heteroatoms. The molecule has 0 spiro atoms. The van der Waals surface area contributed by atoms with Gasteiger partial charge < -0.3 is 10.3 Å². The van der Waals surface area contributed by atoms with Crippen LogP contribution in [0.15, 0.2) is 35.3 Å². The molecule has 1 aromatic carbocycles. The second-order valence-corrected chi connectivity index (χ2v) is 5.08. The van der Waals surface area contributed by atoms with Crippen LogP contribution in [-0.4, -0.2) is 11.5 Å². The normalized spacial score (nSPS) is 10.9. The van der Waals surface area contributed by atoms with Gasteiger partial charge >= 0.3 is 0 Å². The molecule has 0 bridgehead atoms. The summed E-state index contributed by atoms with van der Waals surface area (Å²) < 4.78 is 0.930. The second kappa shape index (κ2) is 5.04. The van der Waals surface area contributed by atoms with Crippen LogP contribution < -0.4 is 5.32 Å². The van der Waals surface area contributed by atoms with E-state index in [0.717, 1.165) is 32.6 Å². The Balaban J connectivity index is 2.18. The van der Waals surface area contributed by atoms with Gasteiger partial charge in [0.2, 0.25) is 0 Å². The van der Waals surface area contributed by atoms with Crippen molar-refractivity contribution in [1.29, 1.82) is 0 Å². The highest BCUT2D eigenvalue weighted by Gasteiger charge is 2.07. The molecule has 0 atom stereocenters. The Morgan fingerprint density at radius 1 is 1.44 bits per heavy atom. The summed E-state index contributed by atoms with van der Waals surface area (Å²) in [7, 11) is 0. The highest BCUT2D eigenvalue weighted by Crippen LogP contribution is 2.26. The molecule has 2 rings (SSSR count). The molecule has 1 aromatic heterocycles. The first-order chi connectivity index (χ1) is 7.68. The number of hydrogen-bond donors (Lipinski definition) is 2. The van der Waals surface area contributed by atoms with Crippen molar-refractivity contribution in [2.75, 3.05) is 6.54 Å². The van der Waals surface area contributed by atoms with E-state index >= 15 is 0 Å². The van der Waals surface area contributed by atoms with E-state index in [0.29, 0.717) is 6.54 Å². The zero-order valence-electron chi connectivity index (χ0n) is 8.69. The lowest BCUT2D eigenvalue weighted by atomic mass is 10.2. The average Bonchev–Trinajstić information content (AvgIpc) is 2.56. The SMILES string of the molecule is C=C(Br)CNCc1[nH]c2ccccc2c1Cl. The van der Waals surface area contributed by atoms with Gasteiger partial charge in [0.05, 0.1) is 5.02 Å². The Kier molecular flexibility index (Phi) is 3.69. The number of para-hydroxylation sites is 1. The van der Waals surface area contributed by atoms with Crippen molar-refractivity contribution in [3.63, 3.8) is 0 Å². The van der Waals surface area contributed by atoms with Gasteiger partial charge in [-0.3, -0.25) is 0 Å². The number of aromatic nitrogens is 1. The molecule has 0 saturated heterocycles. The van der Waals surface area contributed by atoms with Gasteiger partial charge in [-0.15, -0.1) is 0 Å². The third-order valence-electron chi connectivity index (χ3n) is 2.33. The van der Waals surface area contributed by atoms with Gasteiger partial charge in [-0.1, -0.05) is 52.3 Å². The largest absolute Gasteiger partial charge is 0.356 e. The first-order valence-corrected chi connectivity index (χ1v) is 6.14. The zero-order chi connectivity index (χ0) is 11.5. The number of halogens is 2. The van der Waals surface area contributed by atoms with E-state index in [-0.39, 0.29) is 0 Å². The minimum atomic E-state index is 0.706. The fourth-order valence-corrected chi connectivity index (χ4v) is 2.09. The standard InChI is InChI=1S/C12H12BrClN2/c1-8(13)6-15-7-11-12(14)9-4-2-3-5-10(9)16-11/h2-5,15-16H,1,6-7H2. The highest BCUT2D eigenvalue weighted by atomic mass is 79.9. The molecule has 0 fully saturated rings. The van der Waals surface area contributed by atoms with Crippen LogP contribution in [0.25, 0.3) is 10.9 Å². The van der Waals surface area contributed by atoms with E-state index in [2.05, 4.69) is 32.8 Å². The topological polar surface area (TPSA) is 27.8 Å². The van der Waals surface area contributed by atoms with E-state index < -0.39 is 0 Å². The molecule has 0 unspecified atom stereocenters. The molecule has 1 heterocycles. The fraction of sp³-hybridized carbons (Fsp3) is 0.167. The molecule has 2 nitrogen and oxygen atoms in total. The summed E-state index contributed by atoms with van der Waals surface area (Å²) in [6.45, 7) is 5.20. The van der Waals surface area contributed by atoms with E-state index in [1.807, 2.05) is 24.3 Å². The predicted molar refractivity (Wildman–Crippen MR) is 73.1 cm³/mol. The van der Waals surface area contributed by atoms with Crippen LogP contribution in [0, 0.1) is 0 Å². The molecule has 0 amide bonds. The summed E-state index contributed by atoms with van der Waals surface area (Å²) in [6.07, 6.45) is 0. The van der Waals surface area contributed by atoms with Crippen LogP contribution in [0.5, 0.6) is 0 Å². The van der Waals surface area contributed by atoms with Crippen LogP contribution in [0.3, 0.4) is 0 Å². The van der Waals surface area contributed by atoms with Crippen LogP contribution in [0.4, 0.5) is 0 Å². The predicted octanol–water partition coefficient (Wildman–Crippen LogP) is 3.82. The van der Waals surface area contributed by atoms with Crippen LogP contribution in [0.1, 0.15) is 5.69 Å². The molecular formula is C12H12BrClN2. The molecule has 2 aromatic rings. The van der Waals surface area contributed by atoms with Gasteiger partial charge in [0.25, 0.3) is 0 Å². The minimum absolute atomic E-state index is 0.706. The Morgan fingerprint density at radius 2 is 2.19 bits per heavy atom. The Hall–Kier alpha value is -0.770. The van der Waals surface area contributed by atoms with Crippen molar-refractivity contribution in [2.24, 2.45) is 0 Å². The third-order valence-corrected chi connectivity index (χ3v) is 3.04. The lowest BCUT2D eigenvalue weighted by Crippen LogP contribution is -2.14. The molecule has 0 saturated carbocycles.